The van der Waals surface area contributed by atoms with E-state index in [-0.39, 0.29) is 24.0 Å². The highest BCUT2D eigenvalue weighted by molar-refractivity contribution is 8.15. The zero-order valence-corrected chi connectivity index (χ0v) is 18.9. The Morgan fingerprint density at radius 1 is 1.23 bits per heavy atom. The zero-order valence-electron chi connectivity index (χ0n) is 17.3. The summed E-state index contributed by atoms with van der Waals surface area (Å²) in [5, 5.41) is 3.26. The number of nitrogens with one attached hydrogen (secondary N) is 1. The number of thioether (sulfide) groups is 1. The van der Waals surface area contributed by atoms with Gasteiger partial charge in [-0.15, -0.1) is 0 Å². The molecule has 1 fully saturated rings. The minimum absolute atomic E-state index is 0.0397. The average Bonchev–Trinajstić information content (AvgIpc) is 3.00. The molecular weight excluding hydrogens is 438 g/mol. The lowest BCUT2D eigenvalue weighted by Crippen LogP contribution is -2.33. The number of para-hydroxylation sites is 2. The van der Waals surface area contributed by atoms with Crippen LogP contribution in [0.5, 0.6) is 5.75 Å². The third kappa shape index (κ3) is 5.45. The summed E-state index contributed by atoms with van der Waals surface area (Å²) in [7, 11) is 0. The number of carbonyl (C=O) groups is 3. The highest BCUT2D eigenvalue weighted by Crippen LogP contribution is 2.34. The predicted octanol–water partition coefficient (Wildman–Crippen LogP) is 4.55. The molecule has 0 spiro atoms. The van der Waals surface area contributed by atoms with Gasteiger partial charge in [0.2, 0.25) is 11.8 Å². The number of amides is 2. The molecular formula is C22H22ClN3O4S. The van der Waals surface area contributed by atoms with Gasteiger partial charge in [0.15, 0.2) is 10.9 Å². The molecule has 1 saturated heterocycles. The number of benzene rings is 2. The minimum Gasteiger partial charge on any atom is -0.424 e. The third-order valence-electron chi connectivity index (χ3n) is 4.58. The first-order valence-corrected chi connectivity index (χ1v) is 10.9. The number of carbonyl (C=O) groups excluding carboxylic acids is 3. The van der Waals surface area contributed by atoms with Crippen LogP contribution in [0.15, 0.2) is 47.5 Å². The van der Waals surface area contributed by atoms with Crippen LogP contribution in [-0.2, 0) is 14.4 Å². The van der Waals surface area contributed by atoms with E-state index in [0.717, 1.165) is 5.56 Å². The van der Waals surface area contributed by atoms with Crippen LogP contribution in [0.25, 0.3) is 0 Å². The van der Waals surface area contributed by atoms with Crippen molar-refractivity contribution in [3.05, 3.63) is 53.1 Å². The summed E-state index contributed by atoms with van der Waals surface area (Å²) in [6, 6.07) is 12.1. The van der Waals surface area contributed by atoms with Crippen LogP contribution in [0, 0.1) is 6.92 Å². The number of esters is 1. The fourth-order valence-electron chi connectivity index (χ4n) is 3.02. The maximum absolute atomic E-state index is 12.8. The molecule has 1 aliphatic rings. The van der Waals surface area contributed by atoms with E-state index in [2.05, 4.69) is 10.3 Å². The number of halogens is 1. The van der Waals surface area contributed by atoms with Crippen molar-refractivity contribution in [2.45, 2.75) is 32.4 Å². The molecule has 1 N–H and O–H groups in total. The van der Waals surface area contributed by atoms with E-state index in [4.69, 9.17) is 16.3 Å². The molecule has 0 aliphatic carbocycles. The highest BCUT2D eigenvalue weighted by Gasteiger charge is 2.38. The van der Waals surface area contributed by atoms with Crippen LogP contribution in [-0.4, -0.2) is 39.6 Å². The average molecular weight is 460 g/mol. The number of hydrogen-bond acceptors (Lipinski definition) is 6. The maximum Gasteiger partial charge on any atom is 0.308 e. The quantitative estimate of drug-likeness (QED) is 0.505. The largest absolute Gasteiger partial charge is 0.424 e. The second-order valence-corrected chi connectivity index (χ2v) is 8.39. The van der Waals surface area contributed by atoms with Gasteiger partial charge in [0, 0.05) is 24.9 Å². The molecule has 0 bridgehead atoms. The Kier molecular flexibility index (Phi) is 7.35. The fraction of sp³-hybridized carbons (Fsp3) is 0.273. The van der Waals surface area contributed by atoms with E-state index in [1.807, 2.05) is 19.9 Å². The van der Waals surface area contributed by atoms with Crippen LogP contribution >= 0.6 is 23.4 Å². The monoisotopic (exact) mass is 459 g/mol. The number of amidine groups is 1. The lowest BCUT2D eigenvalue weighted by Gasteiger charge is -2.14. The Labute approximate surface area is 189 Å². The van der Waals surface area contributed by atoms with E-state index >= 15 is 0 Å². The summed E-state index contributed by atoms with van der Waals surface area (Å²) in [5.74, 6) is -0.766. The third-order valence-corrected chi connectivity index (χ3v) is 6.16. The second kappa shape index (κ2) is 9.98. The van der Waals surface area contributed by atoms with E-state index in [1.54, 1.807) is 41.3 Å². The summed E-state index contributed by atoms with van der Waals surface area (Å²) >= 11 is 7.43. The molecule has 1 heterocycles. The zero-order chi connectivity index (χ0) is 22.5. The molecule has 0 radical (unpaired) electrons. The number of hydrogen-bond donors (Lipinski definition) is 1. The molecule has 9 heteroatoms. The van der Waals surface area contributed by atoms with Gasteiger partial charge in [0.1, 0.15) is 5.25 Å². The highest BCUT2D eigenvalue weighted by atomic mass is 35.5. The van der Waals surface area contributed by atoms with Crippen LogP contribution in [0.4, 0.5) is 11.4 Å². The van der Waals surface area contributed by atoms with Gasteiger partial charge >= 0.3 is 5.97 Å². The first-order valence-electron chi connectivity index (χ1n) is 9.69. The normalized spacial score (nSPS) is 17.2. The Morgan fingerprint density at radius 2 is 1.97 bits per heavy atom. The molecule has 162 valence electrons. The van der Waals surface area contributed by atoms with E-state index < -0.39 is 11.2 Å². The first-order chi connectivity index (χ1) is 14.8. The molecule has 2 amide bonds. The van der Waals surface area contributed by atoms with Crippen LogP contribution in [0.3, 0.4) is 0 Å². The number of anilines is 1. The molecule has 7 nitrogen and oxygen atoms in total. The van der Waals surface area contributed by atoms with Gasteiger partial charge in [-0.3, -0.25) is 19.3 Å². The van der Waals surface area contributed by atoms with Crippen LogP contribution in [0.1, 0.15) is 25.8 Å². The van der Waals surface area contributed by atoms with E-state index in [0.29, 0.717) is 28.1 Å². The molecule has 1 unspecified atom stereocenters. The van der Waals surface area contributed by atoms with Gasteiger partial charge in [-0.05, 0) is 43.7 Å². The van der Waals surface area contributed by atoms with Crippen LogP contribution in [0.2, 0.25) is 5.02 Å². The number of rotatable bonds is 6. The smallest absolute Gasteiger partial charge is 0.308 e. The fourth-order valence-corrected chi connectivity index (χ4v) is 4.40. The first kappa shape index (κ1) is 22.8. The van der Waals surface area contributed by atoms with Gasteiger partial charge < -0.3 is 10.1 Å². The second-order valence-electron chi connectivity index (χ2n) is 6.81. The Balaban J connectivity index is 1.75. The van der Waals surface area contributed by atoms with Crippen LogP contribution < -0.4 is 10.1 Å². The van der Waals surface area contributed by atoms with Gasteiger partial charge in [0.05, 0.1) is 11.4 Å². The van der Waals surface area contributed by atoms with Gasteiger partial charge in [-0.25, -0.2) is 4.99 Å². The van der Waals surface area contributed by atoms with Gasteiger partial charge in [-0.2, -0.15) is 0 Å². The van der Waals surface area contributed by atoms with Crippen molar-refractivity contribution in [3.8, 4) is 5.75 Å². The summed E-state index contributed by atoms with van der Waals surface area (Å²) in [6.07, 6.45) is -0.0397. The predicted molar refractivity (Wildman–Crippen MR) is 123 cm³/mol. The standard InChI is InChI=1S/C22H22ClN3O4S/c1-4-26-21(29)19(31-22(26)25-16-10-7-8-15(23)13(16)2)12-20(28)24-17-9-5-6-11-18(17)30-14(3)27/h5-11,19H,4,12H2,1-3H3,(H,24,28). The lowest BCUT2D eigenvalue weighted by atomic mass is 10.2. The number of nitrogens with zero attached hydrogens (tertiary/aromatic N) is 2. The molecule has 31 heavy (non-hydrogen) atoms. The van der Waals surface area contributed by atoms with Crippen molar-refractivity contribution in [2.24, 2.45) is 4.99 Å². The minimum atomic E-state index is -0.598. The molecule has 0 aromatic heterocycles. The van der Waals surface area contributed by atoms with Crippen molar-refractivity contribution in [3.63, 3.8) is 0 Å². The Hall–Kier alpha value is -2.84. The molecule has 0 saturated carbocycles. The summed E-state index contributed by atoms with van der Waals surface area (Å²) < 4.78 is 5.11. The van der Waals surface area contributed by atoms with Crippen molar-refractivity contribution in [1.82, 2.24) is 4.90 Å². The van der Waals surface area contributed by atoms with Gasteiger partial charge in [-0.1, -0.05) is 41.6 Å². The molecule has 2 aromatic carbocycles. The summed E-state index contributed by atoms with van der Waals surface area (Å²) in [5.41, 5.74) is 1.87. The maximum atomic E-state index is 12.8. The Morgan fingerprint density at radius 3 is 2.68 bits per heavy atom. The molecule has 3 rings (SSSR count). The summed E-state index contributed by atoms with van der Waals surface area (Å²) in [6.45, 7) is 5.45. The Bertz CT molecular complexity index is 1060. The van der Waals surface area contributed by atoms with Crippen molar-refractivity contribution in [2.75, 3.05) is 11.9 Å². The molecule has 2 aromatic rings. The topological polar surface area (TPSA) is 88.1 Å². The van der Waals surface area contributed by atoms with E-state index in [9.17, 15) is 14.4 Å². The van der Waals surface area contributed by atoms with Crippen molar-refractivity contribution in [1.29, 1.82) is 0 Å². The lowest BCUT2D eigenvalue weighted by molar-refractivity contribution is -0.132. The summed E-state index contributed by atoms with van der Waals surface area (Å²) in [4.78, 5) is 42.9. The van der Waals surface area contributed by atoms with Crippen molar-refractivity contribution < 1.29 is 19.1 Å². The molecule has 1 atom stereocenters. The number of aliphatic imine (C=N–C) groups is 1. The SMILES string of the molecule is CCN1C(=O)C(CC(=O)Nc2ccccc2OC(C)=O)SC1=Nc1cccc(Cl)c1C. The molecule has 1 aliphatic heterocycles. The van der Waals surface area contributed by atoms with E-state index in [1.165, 1.54) is 18.7 Å². The van der Waals surface area contributed by atoms with Crippen molar-refractivity contribution >= 4 is 57.7 Å². The number of ether oxygens (including phenoxy) is 1. The van der Waals surface area contributed by atoms with Gasteiger partial charge in [0.25, 0.3) is 0 Å².